The quantitative estimate of drug-likeness (QED) is 0.332. The first-order valence-electron chi connectivity index (χ1n) is 14.0. The van der Waals surface area contributed by atoms with Crippen LogP contribution in [-0.4, -0.2) is 53.1 Å². The van der Waals surface area contributed by atoms with Crippen LogP contribution in [0.2, 0.25) is 0 Å². The number of aromatic nitrogens is 2. The molecule has 2 aliphatic rings. The largest absolute Gasteiger partial charge is 0.465 e. The Morgan fingerprint density at radius 1 is 1.09 bits per heavy atom. The summed E-state index contributed by atoms with van der Waals surface area (Å²) in [6.07, 6.45) is -9.65. The molecule has 1 aromatic heterocycles. The van der Waals surface area contributed by atoms with Gasteiger partial charge in [0.2, 0.25) is 0 Å². The summed E-state index contributed by atoms with van der Waals surface area (Å²) in [6, 6.07) is 7.43. The number of amides is 1. The van der Waals surface area contributed by atoms with Crippen molar-refractivity contribution in [3.8, 4) is 6.07 Å². The number of morpholine rings is 1. The highest BCUT2D eigenvalue weighted by molar-refractivity contribution is 5.90. The summed E-state index contributed by atoms with van der Waals surface area (Å²) >= 11 is 0. The maximum absolute atomic E-state index is 13.8. The molecule has 238 valence electrons. The summed E-state index contributed by atoms with van der Waals surface area (Å²) < 4.78 is 87.8. The van der Waals surface area contributed by atoms with E-state index in [1.54, 1.807) is 13.0 Å². The van der Waals surface area contributed by atoms with Crippen LogP contribution in [0.15, 0.2) is 42.6 Å². The number of nitrogens with two attached hydrogens (primary N) is 1. The van der Waals surface area contributed by atoms with Crippen molar-refractivity contribution in [1.82, 2.24) is 9.97 Å². The number of carbonyl (C=O) groups is 1. The number of anilines is 2. The van der Waals surface area contributed by atoms with Crippen LogP contribution in [0.3, 0.4) is 0 Å². The van der Waals surface area contributed by atoms with Crippen molar-refractivity contribution in [3.05, 3.63) is 81.9 Å². The molecule has 45 heavy (non-hydrogen) atoms. The van der Waals surface area contributed by atoms with Crippen LogP contribution in [0.4, 0.5) is 42.5 Å². The Hall–Kier alpha value is -4.42. The molecule has 0 aliphatic carbocycles. The maximum atomic E-state index is 13.8. The van der Waals surface area contributed by atoms with Gasteiger partial charge < -0.3 is 20.5 Å². The summed E-state index contributed by atoms with van der Waals surface area (Å²) in [6.45, 7) is 3.25. The first kappa shape index (κ1) is 32.0. The van der Waals surface area contributed by atoms with Crippen LogP contribution in [-0.2, 0) is 23.5 Å². The van der Waals surface area contributed by atoms with Crippen molar-refractivity contribution in [2.75, 3.05) is 36.1 Å². The highest BCUT2D eigenvalue weighted by atomic mass is 19.4. The Balaban J connectivity index is 1.68. The van der Waals surface area contributed by atoms with Gasteiger partial charge in [0.15, 0.2) is 0 Å². The molecule has 0 saturated carbocycles. The molecule has 2 aliphatic heterocycles. The lowest BCUT2D eigenvalue weighted by Gasteiger charge is -2.46. The van der Waals surface area contributed by atoms with Gasteiger partial charge in [0.1, 0.15) is 11.5 Å². The second kappa shape index (κ2) is 11.8. The van der Waals surface area contributed by atoms with E-state index in [9.17, 15) is 41.5 Å². The van der Waals surface area contributed by atoms with Crippen LogP contribution >= 0.6 is 0 Å². The summed E-state index contributed by atoms with van der Waals surface area (Å²) in [5.74, 6) is -0.958. The molecule has 3 aromatic rings. The van der Waals surface area contributed by atoms with E-state index in [1.165, 1.54) is 12.3 Å². The van der Waals surface area contributed by atoms with E-state index >= 15 is 0 Å². The van der Waals surface area contributed by atoms with Gasteiger partial charge >= 0.3 is 18.4 Å². The summed E-state index contributed by atoms with van der Waals surface area (Å²) in [5.41, 5.74) is 3.69. The Bertz CT molecular complexity index is 1650. The molecule has 15 heteroatoms. The minimum atomic E-state index is -4.73. The number of benzene rings is 2. The molecule has 3 heterocycles. The number of alkyl halides is 6. The number of ether oxygens (including phenoxy) is 1. The van der Waals surface area contributed by atoms with Crippen molar-refractivity contribution in [3.63, 3.8) is 0 Å². The fraction of sp³-hybridized carbons (Fsp3) is 0.400. The van der Waals surface area contributed by atoms with E-state index in [4.69, 9.17) is 15.5 Å². The van der Waals surface area contributed by atoms with Crippen molar-refractivity contribution >= 4 is 17.5 Å². The minimum absolute atomic E-state index is 0.00217. The summed E-state index contributed by atoms with van der Waals surface area (Å²) in [4.78, 5) is 24.3. The zero-order valence-electron chi connectivity index (χ0n) is 23.9. The smallest absolute Gasteiger partial charge is 0.416 e. The first-order valence-corrected chi connectivity index (χ1v) is 14.0. The number of fused-ring (bicyclic) bond motifs is 1. The highest BCUT2D eigenvalue weighted by Crippen LogP contribution is 2.47. The lowest BCUT2D eigenvalue weighted by atomic mass is 9.80. The number of nitrogens with zero attached hydrogens (tertiary/aromatic N) is 5. The minimum Gasteiger partial charge on any atom is -0.465 e. The number of nitriles is 1. The van der Waals surface area contributed by atoms with E-state index in [2.05, 4.69) is 4.98 Å². The predicted octanol–water partition coefficient (Wildman–Crippen LogP) is 5.90. The zero-order chi connectivity index (χ0) is 32.7. The highest BCUT2D eigenvalue weighted by Gasteiger charge is 2.47. The lowest BCUT2D eigenvalue weighted by molar-refractivity contribution is -0.138. The van der Waals surface area contributed by atoms with E-state index in [0.29, 0.717) is 32.0 Å². The Morgan fingerprint density at radius 3 is 2.38 bits per heavy atom. The molecule has 0 bridgehead atoms. The third-order valence-electron chi connectivity index (χ3n) is 8.13. The number of hydrogen-bond acceptors (Lipinski definition) is 7. The van der Waals surface area contributed by atoms with Crippen LogP contribution < -0.4 is 15.5 Å². The van der Waals surface area contributed by atoms with Crippen LogP contribution in [0.25, 0.3) is 0 Å². The van der Waals surface area contributed by atoms with Gasteiger partial charge in [-0.2, -0.15) is 31.6 Å². The van der Waals surface area contributed by atoms with E-state index in [1.807, 2.05) is 4.90 Å². The molecule has 3 N–H and O–H groups in total. The molecule has 0 spiro atoms. The number of carboxylic acid groups (broad SMARTS) is 1. The average Bonchev–Trinajstić information content (AvgIpc) is 2.99. The van der Waals surface area contributed by atoms with Gasteiger partial charge in [-0.15, -0.1) is 0 Å². The van der Waals surface area contributed by atoms with Crippen molar-refractivity contribution in [2.24, 2.45) is 5.73 Å². The van der Waals surface area contributed by atoms with Gasteiger partial charge in [-0.25, -0.2) is 14.8 Å². The predicted molar refractivity (Wildman–Crippen MR) is 150 cm³/mol. The molecule has 5 rings (SSSR count). The van der Waals surface area contributed by atoms with Crippen LogP contribution in [0.5, 0.6) is 0 Å². The van der Waals surface area contributed by atoms with Gasteiger partial charge in [-0.1, -0.05) is 6.92 Å². The topological polar surface area (TPSA) is 129 Å². The summed E-state index contributed by atoms with van der Waals surface area (Å²) in [5, 5.41) is 19.4. The standard InChI is InChI=1S/C30H28F6N6O3/c1-2-28(38)14-22(21-13-19(29(31,32)33)3-4-24(21)42(28)27(43)44)26-39-16-25(41-5-7-45-8-6-41)23(40-26)12-17-9-18(15-37)11-20(10-17)30(34,35)36/h3-4,9-11,13,16,22H,2,5-8,12,14,38H2,1H3,(H,43,44)/t22-,28+/m0/s1. The fourth-order valence-corrected chi connectivity index (χ4v) is 5.84. The molecule has 1 amide bonds. The molecule has 1 fully saturated rings. The second-order valence-electron chi connectivity index (χ2n) is 11.0. The molecule has 0 radical (unpaired) electrons. The number of hydrogen-bond donors (Lipinski definition) is 2. The van der Waals surface area contributed by atoms with Gasteiger partial charge in [0.25, 0.3) is 0 Å². The third kappa shape index (κ3) is 6.38. The molecular formula is C30H28F6N6O3. The maximum Gasteiger partial charge on any atom is 0.416 e. The second-order valence-corrected chi connectivity index (χ2v) is 11.0. The van der Waals surface area contributed by atoms with Crippen LogP contribution in [0, 0.1) is 11.3 Å². The molecular weight excluding hydrogens is 606 g/mol. The molecule has 1 saturated heterocycles. The fourth-order valence-electron chi connectivity index (χ4n) is 5.84. The van der Waals surface area contributed by atoms with Crippen molar-refractivity contribution in [1.29, 1.82) is 5.26 Å². The Kier molecular flexibility index (Phi) is 8.41. The Morgan fingerprint density at radius 2 is 1.78 bits per heavy atom. The van der Waals surface area contributed by atoms with Gasteiger partial charge in [-0.05, 0) is 60.4 Å². The normalized spacial score (nSPS) is 20.5. The van der Waals surface area contributed by atoms with E-state index < -0.39 is 41.2 Å². The molecule has 2 aromatic carbocycles. The molecule has 9 nitrogen and oxygen atoms in total. The molecule has 0 unspecified atom stereocenters. The van der Waals surface area contributed by atoms with Gasteiger partial charge in [0, 0.05) is 25.4 Å². The molecule has 2 atom stereocenters. The SMILES string of the molecule is CC[C@]1(N)C[C@H](c2ncc(N3CCOCC3)c(Cc3cc(C#N)cc(C(F)(F)F)c3)n2)c2cc(C(F)(F)F)ccc2N1C(=O)O. The summed E-state index contributed by atoms with van der Waals surface area (Å²) in [7, 11) is 0. The average molecular weight is 635 g/mol. The van der Waals surface area contributed by atoms with Gasteiger partial charge in [0.05, 0.1) is 59.2 Å². The third-order valence-corrected chi connectivity index (χ3v) is 8.13. The van der Waals surface area contributed by atoms with Crippen LogP contribution in [0.1, 0.15) is 65.0 Å². The zero-order valence-corrected chi connectivity index (χ0v) is 23.9. The Labute approximate surface area is 253 Å². The lowest BCUT2D eigenvalue weighted by Crippen LogP contribution is -2.61. The van der Waals surface area contributed by atoms with Crippen molar-refractivity contribution in [2.45, 2.75) is 50.1 Å². The van der Waals surface area contributed by atoms with E-state index in [0.717, 1.165) is 35.2 Å². The monoisotopic (exact) mass is 634 g/mol. The van der Waals surface area contributed by atoms with E-state index in [-0.39, 0.29) is 53.2 Å². The van der Waals surface area contributed by atoms with Gasteiger partial charge in [-0.3, -0.25) is 4.90 Å². The number of rotatable bonds is 5. The number of halogens is 6. The van der Waals surface area contributed by atoms with Crippen molar-refractivity contribution < 1.29 is 41.0 Å². The first-order chi connectivity index (χ1) is 21.1.